The van der Waals surface area contributed by atoms with E-state index in [1.807, 2.05) is 6.07 Å². The lowest BCUT2D eigenvalue weighted by atomic mass is 10.1. The third-order valence-corrected chi connectivity index (χ3v) is 3.05. The van der Waals surface area contributed by atoms with Crippen molar-refractivity contribution in [3.05, 3.63) is 35.4 Å². The van der Waals surface area contributed by atoms with Crippen molar-refractivity contribution in [3.63, 3.8) is 0 Å². The molecule has 0 unspecified atom stereocenters. The highest BCUT2D eigenvalue weighted by Gasteiger charge is 2.10. The van der Waals surface area contributed by atoms with Crippen molar-refractivity contribution in [1.29, 1.82) is 0 Å². The van der Waals surface area contributed by atoms with Crippen LogP contribution < -0.4 is 0 Å². The topological polar surface area (TPSA) is 77.8 Å². The number of benzene rings is 1. The number of carboxylic acid groups (broad SMARTS) is 2. The smallest absolute Gasteiger partial charge is 0.335 e. The second kappa shape index (κ2) is 8.32. The van der Waals surface area contributed by atoms with Gasteiger partial charge in [-0.15, -0.1) is 0 Å². The maximum atomic E-state index is 10.9. The zero-order valence-corrected chi connectivity index (χ0v) is 11.7. The van der Waals surface area contributed by atoms with Gasteiger partial charge in [0.2, 0.25) is 0 Å². The summed E-state index contributed by atoms with van der Waals surface area (Å²) in [5.74, 6) is -1.76. The van der Waals surface area contributed by atoms with Crippen molar-refractivity contribution >= 4 is 11.9 Å². The van der Waals surface area contributed by atoms with Crippen LogP contribution in [0, 0.1) is 0 Å². The molecule has 110 valence electrons. The molecule has 5 nitrogen and oxygen atoms in total. The Morgan fingerprint density at radius 2 is 1.95 bits per heavy atom. The molecule has 0 aromatic heterocycles. The zero-order chi connectivity index (χ0) is 15.0. The average molecular weight is 279 g/mol. The van der Waals surface area contributed by atoms with Crippen LogP contribution in [-0.4, -0.2) is 40.1 Å². The molecule has 0 amide bonds. The van der Waals surface area contributed by atoms with Crippen molar-refractivity contribution in [3.8, 4) is 0 Å². The van der Waals surface area contributed by atoms with Crippen LogP contribution in [-0.2, 0) is 11.3 Å². The van der Waals surface area contributed by atoms with E-state index in [1.54, 1.807) is 18.2 Å². The van der Waals surface area contributed by atoms with E-state index in [4.69, 9.17) is 10.2 Å². The Balaban J connectivity index is 2.69. The lowest BCUT2D eigenvalue weighted by Crippen LogP contribution is -2.27. The van der Waals surface area contributed by atoms with Crippen LogP contribution in [0.25, 0.3) is 0 Å². The Hall–Kier alpha value is -1.88. The molecule has 1 aromatic carbocycles. The summed E-state index contributed by atoms with van der Waals surface area (Å²) >= 11 is 0. The highest BCUT2D eigenvalue weighted by Crippen LogP contribution is 2.10. The molecule has 0 saturated carbocycles. The SMILES string of the molecule is CCCCN(CCC(=O)O)Cc1cccc(C(=O)O)c1. The largest absolute Gasteiger partial charge is 0.481 e. The molecule has 0 aliphatic rings. The molecule has 2 N–H and O–H groups in total. The fourth-order valence-corrected chi connectivity index (χ4v) is 1.97. The number of carbonyl (C=O) groups is 2. The van der Waals surface area contributed by atoms with Gasteiger partial charge in [-0.25, -0.2) is 4.79 Å². The Bertz CT molecular complexity index is 459. The number of hydrogen-bond acceptors (Lipinski definition) is 3. The normalized spacial score (nSPS) is 10.7. The van der Waals surface area contributed by atoms with Gasteiger partial charge in [0.05, 0.1) is 12.0 Å². The van der Waals surface area contributed by atoms with Gasteiger partial charge < -0.3 is 10.2 Å². The van der Waals surface area contributed by atoms with E-state index in [-0.39, 0.29) is 12.0 Å². The van der Waals surface area contributed by atoms with Gasteiger partial charge >= 0.3 is 11.9 Å². The molecule has 0 radical (unpaired) electrons. The molecule has 0 aliphatic heterocycles. The average Bonchev–Trinajstić information content (AvgIpc) is 2.42. The first-order valence-corrected chi connectivity index (χ1v) is 6.79. The van der Waals surface area contributed by atoms with Gasteiger partial charge in [0.1, 0.15) is 0 Å². The second-order valence-corrected chi connectivity index (χ2v) is 4.78. The van der Waals surface area contributed by atoms with Crippen LogP contribution >= 0.6 is 0 Å². The molecule has 0 saturated heterocycles. The molecule has 0 atom stereocenters. The Morgan fingerprint density at radius 1 is 1.20 bits per heavy atom. The van der Waals surface area contributed by atoms with Crippen LogP contribution in [0.1, 0.15) is 42.1 Å². The predicted molar refractivity (Wildman–Crippen MR) is 75.8 cm³/mol. The minimum absolute atomic E-state index is 0.0995. The zero-order valence-electron chi connectivity index (χ0n) is 11.7. The number of aromatic carboxylic acids is 1. The van der Waals surface area contributed by atoms with E-state index in [9.17, 15) is 9.59 Å². The summed E-state index contributed by atoms with van der Waals surface area (Å²) in [7, 11) is 0. The molecule has 20 heavy (non-hydrogen) atoms. The molecule has 0 aliphatic carbocycles. The van der Waals surface area contributed by atoms with Gasteiger partial charge in [0, 0.05) is 13.1 Å². The van der Waals surface area contributed by atoms with E-state index in [0.29, 0.717) is 13.1 Å². The lowest BCUT2D eigenvalue weighted by Gasteiger charge is -2.21. The molecule has 5 heteroatoms. The van der Waals surface area contributed by atoms with E-state index >= 15 is 0 Å². The van der Waals surface area contributed by atoms with E-state index in [1.165, 1.54) is 0 Å². The summed E-state index contributed by atoms with van der Waals surface area (Å²) in [5, 5.41) is 17.7. The fraction of sp³-hybridized carbons (Fsp3) is 0.467. The quantitative estimate of drug-likeness (QED) is 0.726. The van der Waals surface area contributed by atoms with E-state index < -0.39 is 11.9 Å². The Labute approximate surface area is 118 Å². The Kier molecular flexibility index (Phi) is 6.73. The summed E-state index contributed by atoms with van der Waals surface area (Å²) in [6.07, 6.45) is 2.14. The summed E-state index contributed by atoms with van der Waals surface area (Å²) in [4.78, 5) is 23.7. The standard InChI is InChI=1S/C15H21NO4/c1-2-3-8-16(9-7-14(17)18)11-12-5-4-6-13(10-12)15(19)20/h4-6,10H,2-3,7-9,11H2,1H3,(H,17,18)(H,19,20). The molecule has 1 rings (SSSR count). The molecular formula is C15H21NO4. The van der Waals surface area contributed by atoms with E-state index in [0.717, 1.165) is 24.9 Å². The van der Waals surface area contributed by atoms with Gasteiger partial charge in [-0.2, -0.15) is 0 Å². The van der Waals surface area contributed by atoms with Crippen molar-refractivity contribution in [2.45, 2.75) is 32.7 Å². The van der Waals surface area contributed by atoms with Gasteiger partial charge in [0.15, 0.2) is 0 Å². The highest BCUT2D eigenvalue weighted by atomic mass is 16.4. The molecule has 1 aromatic rings. The second-order valence-electron chi connectivity index (χ2n) is 4.78. The number of unbranched alkanes of at least 4 members (excludes halogenated alkanes) is 1. The van der Waals surface area contributed by atoms with Crippen molar-refractivity contribution < 1.29 is 19.8 Å². The van der Waals surface area contributed by atoms with Crippen LogP contribution in [0.5, 0.6) is 0 Å². The first kappa shape index (κ1) is 16.2. The maximum absolute atomic E-state index is 10.9. The van der Waals surface area contributed by atoms with Gasteiger partial charge in [-0.1, -0.05) is 25.5 Å². The summed E-state index contributed by atoms with van der Waals surface area (Å²) in [6, 6.07) is 6.78. The first-order valence-electron chi connectivity index (χ1n) is 6.79. The molecule has 0 fully saturated rings. The first-order chi connectivity index (χ1) is 9.52. The van der Waals surface area contributed by atoms with Crippen LogP contribution in [0.4, 0.5) is 0 Å². The van der Waals surface area contributed by atoms with Crippen LogP contribution in [0.2, 0.25) is 0 Å². The maximum Gasteiger partial charge on any atom is 0.335 e. The minimum atomic E-state index is -0.947. The highest BCUT2D eigenvalue weighted by molar-refractivity contribution is 5.87. The molecule has 0 heterocycles. The van der Waals surface area contributed by atoms with Gasteiger partial charge in [-0.3, -0.25) is 9.69 Å². The molecular weight excluding hydrogens is 258 g/mol. The van der Waals surface area contributed by atoms with Crippen molar-refractivity contribution in [2.75, 3.05) is 13.1 Å². The lowest BCUT2D eigenvalue weighted by molar-refractivity contribution is -0.137. The number of nitrogens with zero attached hydrogens (tertiary/aromatic N) is 1. The molecule has 0 spiro atoms. The summed E-state index contributed by atoms with van der Waals surface area (Å²) in [5.41, 5.74) is 1.16. The number of hydrogen-bond donors (Lipinski definition) is 2. The van der Waals surface area contributed by atoms with E-state index in [2.05, 4.69) is 11.8 Å². The fourth-order valence-electron chi connectivity index (χ4n) is 1.97. The third kappa shape index (κ3) is 5.84. The number of carboxylic acids is 2. The van der Waals surface area contributed by atoms with Crippen LogP contribution in [0.3, 0.4) is 0 Å². The summed E-state index contributed by atoms with van der Waals surface area (Å²) in [6.45, 7) is 3.96. The summed E-state index contributed by atoms with van der Waals surface area (Å²) < 4.78 is 0. The number of rotatable bonds is 9. The minimum Gasteiger partial charge on any atom is -0.481 e. The third-order valence-electron chi connectivity index (χ3n) is 3.05. The Morgan fingerprint density at radius 3 is 2.55 bits per heavy atom. The number of aliphatic carboxylic acids is 1. The van der Waals surface area contributed by atoms with Crippen LogP contribution in [0.15, 0.2) is 24.3 Å². The predicted octanol–water partition coefficient (Wildman–Crippen LogP) is 2.46. The van der Waals surface area contributed by atoms with Crippen molar-refractivity contribution in [2.24, 2.45) is 0 Å². The monoisotopic (exact) mass is 279 g/mol. The molecule has 0 bridgehead atoms. The van der Waals surface area contributed by atoms with Crippen molar-refractivity contribution in [1.82, 2.24) is 4.90 Å². The van der Waals surface area contributed by atoms with Gasteiger partial charge in [0.25, 0.3) is 0 Å². The van der Waals surface area contributed by atoms with Gasteiger partial charge in [-0.05, 0) is 30.7 Å².